The largest absolute Gasteiger partial charge is 0.448 e. The number of nitrogens with one attached hydrogen (secondary N) is 1. The number of carbonyl (C=O) groups is 3. The first-order valence-corrected chi connectivity index (χ1v) is 7.33. The maximum Gasteiger partial charge on any atom is 0.433 e. The van der Waals surface area contributed by atoms with Crippen molar-refractivity contribution in [3.05, 3.63) is 50.5 Å². The summed E-state index contributed by atoms with van der Waals surface area (Å²) >= 11 is 0. The zero-order chi connectivity index (χ0) is 18.9. The van der Waals surface area contributed by atoms with E-state index in [-0.39, 0.29) is 17.2 Å². The summed E-state index contributed by atoms with van der Waals surface area (Å²) in [6, 6.07) is 2.11. The number of ketones is 2. The highest BCUT2D eigenvalue weighted by atomic mass is 16.7. The van der Waals surface area contributed by atoms with E-state index in [1.54, 1.807) is 13.8 Å². The number of carbonyl (C=O) groups excluding carboxylic acids is 3. The lowest BCUT2D eigenvalue weighted by Gasteiger charge is -2.11. The van der Waals surface area contributed by atoms with E-state index < -0.39 is 28.7 Å². The van der Waals surface area contributed by atoms with Crippen LogP contribution < -0.4 is 0 Å². The first kappa shape index (κ1) is 18.1. The van der Waals surface area contributed by atoms with Crippen molar-refractivity contribution in [2.24, 2.45) is 0 Å². The molecule has 0 fully saturated rings. The predicted octanol–water partition coefficient (Wildman–Crippen LogP) is 2.76. The fourth-order valence-electron chi connectivity index (χ4n) is 2.54. The van der Waals surface area contributed by atoms with Gasteiger partial charge >= 0.3 is 11.9 Å². The molecule has 0 saturated heterocycles. The minimum absolute atomic E-state index is 0.174. The van der Waals surface area contributed by atoms with Gasteiger partial charge in [0.1, 0.15) is 4.92 Å². The molecule has 2 aromatic rings. The van der Waals surface area contributed by atoms with Crippen molar-refractivity contribution in [3.63, 3.8) is 0 Å². The average molecular weight is 348 g/mol. The molecular formula is C16H16N2O7. The molecule has 0 aliphatic rings. The molecule has 0 aromatic carbocycles. The average Bonchev–Trinajstić information content (AvgIpc) is 3.11. The zero-order valence-electron chi connectivity index (χ0n) is 14.0. The Kier molecular flexibility index (Phi) is 4.87. The van der Waals surface area contributed by atoms with E-state index in [4.69, 9.17) is 9.15 Å². The number of ether oxygens (including phenoxy) is 1. The Morgan fingerprint density at radius 2 is 1.92 bits per heavy atom. The molecule has 1 atom stereocenters. The molecule has 2 heterocycles. The Labute approximate surface area is 142 Å². The van der Waals surface area contributed by atoms with E-state index in [0.717, 1.165) is 12.1 Å². The van der Waals surface area contributed by atoms with Crippen LogP contribution >= 0.6 is 0 Å². The maximum atomic E-state index is 12.5. The molecule has 25 heavy (non-hydrogen) atoms. The Morgan fingerprint density at radius 1 is 1.28 bits per heavy atom. The number of H-pyrrole nitrogens is 1. The van der Waals surface area contributed by atoms with Crippen LogP contribution in [0.2, 0.25) is 0 Å². The summed E-state index contributed by atoms with van der Waals surface area (Å²) in [5, 5.41) is 10.6. The van der Waals surface area contributed by atoms with Crippen LogP contribution in [0.15, 0.2) is 16.5 Å². The highest BCUT2D eigenvalue weighted by Gasteiger charge is 2.27. The smallest absolute Gasteiger partial charge is 0.433 e. The third-order valence-corrected chi connectivity index (χ3v) is 3.66. The minimum atomic E-state index is -1.17. The molecule has 9 nitrogen and oxygen atoms in total. The van der Waals surface area contributed by atoms with Gasteiger partial charge in [-0.1, -0.05) is 0 Å². The topological polar surface area (TPSA) is 133 Å². The fraction of sp³-hybridized carbons (Fsp3) is 0.312. The molecule has 0 bridgehead atoms. The first-order valence-electron chi connectivity index (χ1n) is 7.33. The van der Waals surface area contributed by atoms with Gasteiger partial charge in [-0.15, -0.1) is 0 Å². The van der Waals surface area contributed by atoms with Crippen molar-refractivity contribution >= 4 is 23.4 Å². The summed E-state index contributed by atoms with van der Waals surface area (Å²) in [6.45, 7) is 6.04. The minimum Gasteiger partial charge on any atom is -0.448 e. The second kappa shape index (κ2) is 6.71. The van der Waals surface area contributed by atoms with Gasteiger partial charge in [0, 0.05) is 11.3 Å². The van der Waals surface area contributed by atoms with Gasteiger partial charge in [0.2, 0.25) is 11.5 Å². The molecule has 0 spiro atoms. The van der Waals surface area contributed by atoms with Crippen LogP contribution in [0, 0.1) is 24.0 Å². The number of nitrogens with zero attached hydrogens (tertiary/aromatic N) is 1. The molecule has 1 N–H and O–H groups in total. The van der Waals surface area contributed by atoms with E-state index >= 15 is 0 Å². The number of hydrogen-bond donors (Lipinski definition) is 1. The van der Waals surface area contributed by atoms with Crippen molar-refractivity contribution in [2.45, 2.75) is 33.8 Å². The lowest BCUT2D eigenvalue weighted by atomic mass is 10.0. The second-order valence-electron chi connectivity index (χ2n) is 5.49. The molecule has 132 valence electrons. The Balaban J connectivity index is 2.17. The number of aryl methyl sites for hydroxylation is 1. The van der Waals surface area contributed by atoms with Crippen LogP contribution in [0.1, 0.15) is 56.5 Å². The summed E-state index contributed by atoms with van der Waals surface area (Å²) in [7, 11) is 0. The van der Waals surface area contributed by atoms with Gasteiger partial charge in [-0.2, -0.15) is 0 Å². The number of rotatable bonds is 6. The lowest BCUT2D eigenvalue weighted by Crippen LogP contribution is -2.25. The molecule has 0 radical (unpaired) electrons. The molecule has 0 aliphatic carbocycles. The summed E-state index contributed by atoms with van der Waals surface area (Å²) in [5.74, 6) is -2.69. The number of nitro groups is 1. The zero-order valence-corrected chi connectivity index (χ0v) is 14.0. The summed E-state index contributed by atoms with van der Waals surface area (Å²) in [6.07, 6.45) is -1.17. The molecule has 0 unspecified atom stereocenters. The van der Waals surface area contributed by atoms with Gasteiger partial charge in [0.15, 0.2) is 11.9 Å². The van der Waals surface area contributed by atoms with Crippen LogP contribution in [-0.4, -0.2) is 33.5 Å². The van der Waals surface area contributed by atoms with Gasteiger partial charge in [-0.3, -0.25) is 19.7 Å². The Morgan fingerprint density at radius 3 is 2.40 bits per heavy atom. The number of Topliss-reactive ketones (excluding diaryl/α,β-unsaturated/α-hetero) is 2. The molecule has 0 aliphatic heterocycles. The van der Waals surface area contributed by atoms with E-state index in [2.05, 4.69) is 4.98 Å². The van der Waals surface area contributed by atoms with Crippen LogP contribution in [0.25, 0.3) is 0 Å². The van der Waals surface area contributed by atoms with Crippen molar-refractivity contribution in [1.82, 2.24) is 4.98 Å². The fourth-order valence-corrected chi connectivity index (χ4v) is 2.54. The molecule has 2 rings (SSSR count). The Hall–Kier alpha value is -3.23. The predicted molar refractivity (Wildman–Crippen MR) is 84.8 cm³/mol. The summed E-state index contributed by atoms with van der Waals surface area (Å²) in [4.78, 5) is 48.6. The highest BCUT2D eigenvalue weighted by Crippen LogP contribution is 2.21. The molecular weight excluding hydrogens is 332 g/mol. The van der Waals surface area contributed by atoms with Crippen LogP contribution in [-0.2, 0) is 4.74 Å². The van der Waals surface area contributed by atoms with Crippen molar-refractivity contribution in [2.75, 3.05) is 0 Å². The van der Waals surface area contributed by atoms with Crippen molar-refractivity contribution < 1.29 is 28.5 Å². The van der Waals surface area contributed by atoms with Gasteiger partial charge in [0.05, 0.1) is 11.8 Å². The van der Waals surface area contributed by atoms with E-state index in [1.807, 2.05) is 0 Å². The quantitative estimate of drug-likeness (QED) is 0.367. The summed E-state index contributed by atoms with van der Waals surface area (Å²) in [5.41, 5.74) is 1.62. The van der Waals surface area contributed by atoms with Crippen LogP contribution in [0.5, 0.6) is 0 Å². The monoisotopic (exact) mass is 348 g/mol. The molecule has 0 amide bonds. The number of esters is 1. The SMILES string of the molecule is CC(=O)c1c(C)[nH]c(C(=O)[C@@H](C)OC(=O)c2ccc([N+](=O)[O-])o2)c1C. The van der Waals surface area contributed by atoms with Gasteiger partial charge in [-0.25, -0.2) is 4.79 Å². The second-order valence-corrected chi connectivity index (χ2v) is 5.49. The van der Waals surface area contributed by atoms with Crippen LogP contribution in [0.4, 0.5) is 5.88 Å². The molecule has 2 aromatic heterocycles. The van der Waals surface area contributed by atoms with Gasteiger partial charge < -0.3 is 14.1 Å². The highest BCUT2D eigenvalue weighted by molar-refractivity contribution is 6.05. The number of aromatic nitrogens is 1. The first-order chi connectivity index (χ1) is 11.6. The maximum absolute atomic E-state index is 12.5. The summed E-state index contributed by atoms with van der Waals surface area (Å²) < 4.78 is 9.73. The van der Waals surface area contributed by atoms with E-state index in [1.165, 1.54) is 13.8 Å². The normalized spacial score (nSPS) is 11.8. The third kappa shape index (κ3) is 3.49. The van der Waals surface area contributed by atoms with E-state index in [9.17, 15) is 24.5 Å². The number of hydrogen-bond acceptors (Lipinski definition) is 7. The molecule has 0 saturated carbocycles. The number of furan rings is 1. The van der Waals surface area contributed by atoms with Crippen LogP contribution in [0.3, 0.4) is 0 Å². The van der Waals surface area contributed by atoms with Crippen molar-refractivity contribution in [3.8, 4) is 0 Å². The van der Waals surface area contributed by atoms with E-state index in [0.29, 0.717) is 16.8 Å². The Bertz CT molecular complexity index is 875. The molecule has 9 heteroatoms. The third-order valence-electron chi connectivity index (χ3n) is 3.66. The number of aromatic amines is 1. The standard InChI is InChI=1S/C16H16N2O7/c1-7-13(9(3)19)8(2)17-14(7)15(20)10(4)24-16(21)11-5-6-12(25-11)18(22)23/h5-6,10,17H,1-4H3/t10-/m1/s1. The van der Waals surface area contributed by atoms with Gasteiger partial charge in [0.25, 0.3) is 0 Å². The lowest BCUT2D eigenvalue weighted by molar-refractivity contribution is -0.402. The van der Waals surface area contributed by atoms with Crippen molar-refractivity contribution in [1.29, 1.82) is 0 Å². The van der Waals surface area contributed by atoms with Gasteiger partial charge in [-0.05, 0) is 39.3 Å².